The van der Waals surface area contributed by atoms with Gasteiger partial charge in [-0.3, -0.25) is 9.59 Å². The van der Waals surface area contributed by atoms with Gasteiger partial charge in [0, 0.05) is 81.8 Å². The number of nitrogens with zero attached hydrogens (tertiary/aromatic N) is 2. The largest absolute Gasteiger partial charge is 0.493 e. The zero-order valence-corrected chi connectivity index (χ0v) is 49.9. The SMILES string of the molecule is CCOc1cc(-c2c3c4cc(OC)c(OC(C)C)cc4oc(=O)c3n3ccc4cc(OC)c(OC)cc4c23)ccc1OC.COc1cc2ccn3c(c(-c4ccc(OC)c(OC(C)=O)c4)c4c5cc(OC)c(OC(C)=O)cc5oc(=O)c43)c2cc1OC. The van der Waals surface area contributed by atoms with E-state index in [4.69, 9.17) is 65.7 Å². The fourth-order valence-electron chi connectivity index (χ4n) is 11.3. The van der Waals surface area contributed by atoms with Crippen molar-refractivity contribution >= 4 is 88.3 Å². The number of pyridine rings is 2. The van der Waals surface area contributed by atoms with Crippen molar-refractivity contribution in [3.05, 3.63) is 130 Å². The fourth-order valence-corrected chi connectivity index (χ4v) is 11.3. The monoisotopic (exact) mass is 1180 g/mol. The summed E-state index contributed by atoms with van der Waals surface area (Å²) >= 11 is 0. The molecule has 12 rings (SSSR count). The van der Waals surface area contributed by atoms with Crippen molar-refractivity contribution in [2.45, 2.75) is 40.7 Å². The summed E-state index contributed by atoms with van der Waals surface area (Å²) in [5, 5.41) is 5.79. The number of benzene rings is 6. The smallest absolute Gasteiger partial charge is 0.361 e. The van der Waals surface area contributed by atoms with E-state index in [0.29, 0.717) is 108 Å². The third-order valence-electron chi connectivity index (χ3n) is 14.8. The molecule has 12 aromatic rings. The average Bonchev–Trinajstić information content (AvgIpc) is 1.58. The number of hydrogen-bond acceptors (Lipinski definition) is 18. The molecule has 0 radical (unpaired) electrons. The van der Waals surface area contributed by atoms with Gasteiger partial charge in [0.25, 0.3) is 0 Å². The van der Waals surface area contributed by atoms with Crippen LogP contribution in [0.4, 0.5) is 0 Å². The Morgan fingerprint density at radius 2 is 0.793 bits per heavy atom. The lowest BCUT2D eigenvalue weighted by molar-refractivity contribution is -0.132. The van der Waals surface area contributed by atoms with Gasteiger partial charge in [0.05, 0.1) is 80.6 Å². The third kappa shape index (κ3) is 10.1. The quantitative estimate of drug-likeness (QED) is 0.0499. The number of esters is 2. The van der Waals surface area contributed by atoms with E-state index in [-0.39, 0.29) is 34.5 Å². The Kier molecular flexibility index (Phi) is 15.6. The summed E-state index contributed by atoms with van der Waals surface area (Å²) in [5.41, 5.74) is 4.43. The molecular weight excluding hydrogens is 1120 g/mol. The minimum absolute atomic E-state index is 0.101. The van der Waals surface area contributed by atoms with E-state index in [0.717, 1.165) is 38.2 Å². The van der Waals surface area contributed by atoms with E-state index in [1.807, 2.05) is 98.1 Å². The molecule has 87 heavy (non-hydrogen) atoms. The Morgan fingerprint density at radius 1 is 0.425 bits per heavy atom. The van der Waals surface area contributed by atoms with Crippen LogP contribution >= 0.6 is 0 Å². The molecule has 0 unspecified atom stereocenters. The summed E-state index contributed by atoms with van der Waals surface area (Å²) < 4.78 is 82.9. The molecule has 6 aromatic carbocycles. The molecule has 0 saturated carbocycles. The van der Waals surface area contributed by atoms with Crippen LogP contribution in [0.15, 0.2) is 128 Å². The summed E-state index contributed by atoms with van der Waals surface area (Å²) in [6, 6.07) is 29.0. The number of hydrogen-bond donors (Lipinski definition) is 0. The number of ether oxygens (including phenoxy) is 12. The number of carbonyl (C=O) groups is 2. The lowest BCUT2D eigenvalue weighted by Crippen LogP contribution is -2.07. The highest BCUT2D eigenvalue weighted by molar-refractivity contribution is 6.23. The van der Waals surface area contributed by atoms with Gasteiger partial charge < -0.3 is 74.5 Å². The number of carbonyl (C=O) groups excluding carboxylic acids is 2. The van der Waals surface area contributed by atoms with Gasteiger partial charge in [-0.2, -0.15) is 0 Å². The summed E-state index contributed by atoms with van der Waals surface area (Å²) in [4.78, 5) is 51.4. The van der Waals surface area contributed by atoms with Gasteiger partial charge >= 0.3 is 23.2 Å². The molecule has 446 valence electrons. The van der Waals surface area contributed by atoms with Crippen LogP contribution in [0.2, 0.25) is 0 Å². The molecule has 0 aliphatic heterocycles. The first-order valence-corrected chi connectivity index (χ1v) is 27.4. The highest BCUT2D eigenvalue weighted by Gasteiger charge is 2.28. The molecule has 0 saturated heterocycles. The highest BCUT2D eigenvalue weighted by Crippen LogP contribution is 2.49. The molecular formula is C67H60N2O18. The predicted molar refractivity (Wildman–Crippen MR) is 330 cm³/mol. The van der Waals surface area contributed by atoms with Crippen LogP contribution < -0.4 is 68.1 Å². The van der Waals surface area contributed by atoms with Crippen LogP contribution in [0.1, 0.15) is 34.6 Å². The normalized spacial score (nSPS) is 11.4. The zero-order valence-electron chi connectivity index (χ0n) is 49.9. The number of fused-ring (bicyclic) bond motifs is 14. The molecule has 20 nitrogen and oxygen atoms in total. The highest BCUT2D eigenvalue weighted by atomic mass is 16.6. The van der Waals surface area contributed by atoms with Crippen LogP contribution in [-0.4, -0.2) is 90.3 Å². The van der Waals surface area contributed by atoms with Crippen molar-refractivity contribution in [3.63, 3.8) is 0 Å². The minimum Gasteiger partial charge on any atom is -0.493 e. The maximum atomic E-state index is 13.8. The minimum atomic E-state index is -0.624. The van der Waals surface area contributed by atoms with Gasteiger partial charge in [-0.05, 0) is 115 Å². The lowest BCUT2D eigenvalue weighted by atomic mass is 9.98. The van der Waals surface area contributed by atoms with Crippen LogP contribution in [0, 0.1) is 0 Å². The summed E-state index contributed by atoms with van der Waals surface area (Å²) in [5.74, 6) is 4.24. The summed E-state index contributed by atoms with van der Waals surface area (Å²) in [6.07, 6.45) is 3.54. The topological polar surface area (TPSA) is 214 Å². The van der Waals surface area contributed by atoms with Gasteiger partial charge in [-0.15, -0.1) is 0 Å². The molecule has 0 aliphatic rings. The Labute approximate surface area is 496 Å². The van der Waals surface area contributed by atoms with Crippen molar-refractivity contribution in [1.82, 2.24) is 8.80 Å². The molecule has 0 atom stereocenters. The van der Waals surface area contributed by atoms with Crippen LogP contribution in [0.3, 0.4) is 0 Å². The first-order chi connectivity index (χ1) is 42.0. The summed E-state index contributed by atoms with van der Waals surface area (Å²) in [6.45, 7) is 8.80. The molecule has 0 fully saturated rings. The van der Waals surface area contributed by atoms with E-state index in [9.17, 15) is 19.2 Å². The van der Waals surface area contributed by atoms with Gasteiger partial charge in [0.15, 0.2) is 69.0 Å². The Balaban J connectivity index is 0.000000180. The van der Waals surface area contributed by atoms with E-state index in [1.54, 1.807) is 77.5 Å². The van der Waals surface area contributed by atoms with Crippen molar-refractivity contribution < 1.29 is 75.3 Å². The van der Waals surface area contributed by atoms with Crippen molar-refractivity contribution in [3.8, 4) is 91.2 Å². The van der Waals surface area contributed by atoms with Crippen LogP contribution in [-0.2, 0) is 9.59 Å². The standard InChI is InChI=1S/C34H33NO8.C33H27NO10/c1-8-41-28-14-20(9-10-23(28)37-4)30-31-22-16-27(40-7)29(42-18(2)3)17-24(22)43-34(36)33(31)35-12-11-19-13-25(38-5)26(39-6)15-21(19)32(30)35;1-16(35)42-27-12-19(7-8-22(27)38-3)29-30-21-14-26(41-6)28(43-17(2)36)15-23(21)44-33(37)32(30)34-10-9-18-11-24(39-4)25(40-5)13-20(18)31(29)34/h9-18H,8H2,1-7H3;7-15H,1-6H3. The van der Waals surface area contributed by atoms with Crippen molar-refractivity contribution in [2.75, 3.05) is 63.5 Å². The molecule has 20 heteroatoms. The maximum Gasteiger partial charge on any atom is 0.361 e. The van der Waals surface area contributed by atoms with Gasteiger partial charge in [0.2, 0.25) is 0 Å². The number of methoxy groups -OCH3 is 8. The Bertz CT molecular complexity index is 4890. The lowest BCUT2D eigenvalue weighted by Gasteiger charge is -2.15. The van der Waals surface area contributed by atoms with E-state index >= 15 is 0 Å². The van der Waals surface area contributed by atoms with E-state index < -0.39 is 23.2 Å². The van der Waals surface area contributed by atoms with Gasteiger partial charge in [0.1, 0.15) is 22.2 Å². The molecule has 0 spiro atoms. The molecule has 0 aliphatic carbocycles. The van der Waals surface area contributed by atoms with Crippen molar-refractivity contribution in [2.24, 2.45) is 0 Å². The van der Waals surface area contributed by atoms with Crippen LogP contribution in [0.25, 0.3) is 98.6 Å². The van der Waals surface area contributed by atoms with E-state index in [2.05, 4.69) is 0 Å². The first-order valence-electron chi connectivity index (χ1n) is 27.4. The number of aromatic nitrogens is 2. The van der Waals surface area contributed by atoms with E-state index in [1.165, 1.54) is 34.1 Å². The molecule has 0 N–H and O–H groups in total. The Morgan fingerprint density at radius 3 is 1.21 bits per heavy atom. The first kappa shape index (κ1) is 58.0. The predicted octanol–water partition coefficient (Wildman–Crippen LogP) is 13.1. The van der Waals surface area contributed by atoms with Gasteiger partial charge in [-0.1, -0.05) is 12.1 Å². The Hall–Kier alpha value is -10.8. The number of rotatable bonds is 16. The molecule has 6 aromatic heterocycles. The van der Waals surface area contributed by atoms with Crippen molar-refractivity contribution in [1.29, 1.82) is 0 Å². The molecule has 0 amide bonds. The zero-order chi connectivity index (χ0) is 61.7. The third-order valence-corrected chi connectivity index (χ3v) is 14.8. The van der Waals surface area contributed by atoms with Crippen LogP contribution in [0.5, 0.6) is 69.0 Å². The molecule has 6 heterocycles. The fraction of sp³-hybridized carbons (Fsp3) is 0.224. The second kappa shape index (κ2) is 23.4. The second-order valence-electron chi connectivity index (χ2n) is 20.2. The maximum absolute atomic E-state index is 13.8. The second-order valence-corrected chi connectivity index (χ2v) is 20.2. The molecule has 0 bridgehead atoms. The van der Waals surface area contributed by atoms with Gasteiger partial charge in [-0.25, -0.2) is 9.59 Å². The average molecular weight is 1180 g/mol. The summed E-state index contributed by atoms with van der Waals surface area (Å²) in [7, 11) is 12.4.